The average Bonchev–Trinajstić information content (AvgIpc) is 2.48. The lowest BCUT2D eigenvalue weighted by molar-refractivity contribution is 0.0927. The van der Waals surface area contributed by atoms with Crippen molar-refractivity contribution >= 4 is 28.2 Å². The summed E-state index contributed by atoms with van der Waals surface area (Å²) in [5.74, 6) is -0.249. The summed E-state index contributed by atoms with van der Waals surface area (Å²) in [6.45, 7) is 3.51. The number of carbonyl (C=O) groups is 1. The van der Waals surface area contributed by atoms with Crippen LogP contribution in [0, 0.1) is 0 Å². The lowest BCUT2D eigenvalue weighted by Crippen LogP contribution is -2.45. The number of halogens is 1. The molecule has 0 saturated carbocycles. The van der Waals surface area contributed by atoms with Crippen molar-refractivity contribution in [2.45, 2.75) is 37.1 Å². The highest BCUT2D eigenvalue weighted by Gasteiger charge is 2.23. The minimum Gasteiger partial charge on any atom is -0.348 e. The average molecular weight is 347 g/mol. The van der Waals surface area contributed by atoms with Crippen LogP contribution in [0.25, 0.3) is 0 Å². The molecule has 1 fully saturated rings. The zero-order valence-electron chi connectivity index (χ0n) is 12.7. The maximum absolute atomic E-state index is 12.4. The molecule has 1 aliphatic heterocycles. The van der Waals surface area contributed by atoms with Crippen LogP contribution >= 0.6 is 12.4 Å². The molecule has 1 amide bonds. The third kappa shape index (κ3) is 4.69. The molecule has 2 N–H and O–H groups in total. The predicted molar refractivity (Wildman–Crippen MR) is 89.4 cm³/mol. The number of rotatable bonds is 5. The summed E-state index contributed by atoms with van der Waals surface area (Å²) in [5, 5.41) is 6.15. The van der Waals surface area contributed by atoms with E-state index in [4.69, 9.17) is 0 Å². The van der Waals surface area contributed by atoms with Gasteiger partial charge in [0.1, 0.15) is 0 Å². The lowest BCUT2D eigenvalue weighted by atomic mass is 10.1. The molecular weight excluding hydrogens is 324 g/mol. The van der Waals surface area contributed by atoms with Crippen LogP contribution in [0.15, 0.2) is 29.2 Å². The number of amides is 1. The fraction of sp³-hybridized carbons (Fsp3) is 0.533. The first-order chi connectivity index (χ1) is 10.0. The van der Waals surface area contributed by atoms with E-state index in [-0.39, 0.29) is 40.6 Å². The van der Waals surface area contributed by atoms with Gasteiger partial charge in [0.25, 0.3) is 5.91 Å². The van der Waals surface area contributed by atoms with Crippen molar-refractivity contribution in [3.05, 3.63) is 29.8 Å². The van der Waals surface area contributed by atoms with E-state index in [9.17, 15) is 13.2 Å². The Labute approximate surface area is 138 Å². The second-order valence-electron chi connectivity index (χ2n) is 5.33. The van der Waals surface area contributed by atoms with Crippen LogP contribution in [0.5, 0.6) is 0 Å². The number of piperidine rings is 1. The summed E-state index contributed by atoms with van der Waals surface area (Å²) in [7, 11) is -3.40. The van der Waals surface area contributed by atoms with Gasteiger partial charge in [-0.15, -0.1) is 12.4 Å². The molecule has 0 spiro atoms. The molecule has 0 aliphatic carbocycles. The Bertz CT molecular complexity index is 599. The van der Waals surface area contributed by atoms with Crippen LogP contribution in [0.4, 0.5) is 0 Å². The van der Waals surface area contributed by atoms with Crippen molar-refractivity contribution in [1.29, 1.82) is 0 Å². The molecule has 2 rings (SSSR count). The minimum absolute atomic E-state index is 0. The normalized spacial score (nSPS) is 18.3. The van der Waals surface area contributed by atoms with Gasteiger partial charge in [0, 0.05) is 12.6 Å². The number of nitrogens with one attached hydrogen (secondary N) is 2. The van der Waals surface area contributed by atoms with Gasteiger partial charge in [0.2, 0.25) is 0 Å². The Morgan fingerprint density at radius 1 is 1.36 bits per heavy atom. The van der Waals surface area contributed by atoms with Gasteiger partial charge in [0.15, 0.2) is 9.84 Å². The van der Waals surface area contributed by atoms with E-state index in [0.29, 0.717) is 6.42 Å². The van der Waals surface area contributed by atoms with Crippen LogP contribution in [0.3, 0.4) is 0 Å². The van der Waals surface area contributed by atoms with Crippen molar-refractivity contribution in [3.63, 3.8) is 0 Å². The highest BCUT2D eigenvalue weighted by atomic mass is 35.5. The van der Waals surface area contributed by atoms with Gasteiger partial charge in [-0.1, -0.05) is 19.1 Å². The SMILES string of the molecule is CCCS(=O)(=O)c1ccccc1C(=O)N[C@H]1CCCNC1.Cl. The first-order valence-corrected chi connectivity index (χ1v) is 9.03. The lowest BCUT2D eigenvalue weighted by Gasteiger charge is -2.24. The van der Waals surface area contributed by atoms with Crippen LogP contribution in [-0.2, 0) is 9.84 Å². The van der Waals surface area contributed by atoms with Crippen LogP contribution in [0.1, 0.15) is 36.5 Å². The molecule has 1 atom stereocenters. The number of sulfone groups is 1. The zero-order valence-corrected chi connectivity index (χ0v) is 14.3. The Morgan fingerprint density at radius 2 is 2.09 bits per heavy atom. The molecule has 124 valence electrons. The van der Waals surface area contributed by atoms with Gasteiger partial charge in [-0.3, -0.25) is 4.79 Å². The van der Waals surface area contributed by atoms with Crippen molar-refractivity contribution in [2.75, 3.05) is 18.8 Å². The van der Waals surface area contributed by atoms with Crippen molar-refractivity contribution < 1.29 is 13.2 Å². The maximum Gasteiger partial charge on any atom is 0.252 e. The Balaban J connectivity index is 0.00000242. The van der Waals surface area contributed by atoms with Crippen molar-refractivity contribution in [1.82, 2.24) is 10.6 Å². The monoisotopic (exact) mass is 346 g/mol. The Hall–Kier alpha value is -1.11. The largest absolute Gasteiger partial charge is 0.348 e. The number of hydrogen-bond donors (Lipinski definition) is 2. The molecule has 1 saturated heterocycles. The first-order valence-electron chi connectivity index (χ1n) is 7.38. The molecule has 0 radical (unpaired) electrons. The van der Waals surface area contributed by atoms with Gasteiger partial charge in [-0.25, -0.2) is 8.42 Å². The van der Waals surface area contributed by atoms with Crippen LogP contribution in [-0.4, -0.2) is 39.2 Å². The van der Waals surface area contributed by atoms with E-state index in [0.717, 1.165) is 25.9 Å². The molecule has 7 heteroatoms. The Morgan fingerprint density at radius 3 is 2.73 bits per heavy atom. The first kappa shape index (κ1) is 18.9. The number of carbonyl (C=O) groups excluding carboxylic acids is 1. The molecule has 5 nitrogen and oxygen atoms in total. The number of benzene rings is 1. The van der Waals surface area contributed by atoms with Crippen molar-refractivity contribution in [3.8, 4) is 0 Å². The summed E-state index contributed by atoms with van der Waals surface area (Å²) >= 11 is 0. The van der Waals surface area contributed by atoms with Crippen molar-refractivity contribution in [2.24, 2.45) is 0 Å². The summed E-state index contributed by atoms with van der Waals surface area (Å²) < 4.78 is 24.5. The summed E-state index contributed by atoms with van der Waals surface area (Å²) in [5.41, 5.74) is 0.247. The zero-order chi connectivity index (χ0) is 15.3. The third-order valence-corrected chi connectivity index (χ3v) is 5.54. The molecule has 0 bridgehead atoms. The quantitative estimate of drug-likeness (QED) is 0.852. The van der Waals surface area contributed by atoms with Gasteiger partial charge < -0.3 is 10.6 Å². The molecule has 0 aromatic heterocycles. The minimum atomic E-state index is -3.40. The second-order valence-corrected chi connectivity index (χ2v) is 7.41. The van der Waals surface area contributed by atoms with Gasteiger partial charge in [-0.05, 0) is 37.9 Å². The van der Waals surface area contributed by atoms with Gasteiger partial charge in [-0.2, -0.15) is 0 Å². The van der Waals surface area contributed by atoms with E-state index >= 15 is 0 Å². The fourth-order valence-corrected chi connectivity index (χ4v) is 4.08. The van der Waals surface area contributed by atoms with E-state index in [2.05, 4.69) is 10.6 Å². The van der Waals surface area contributed by atoms with Gasteiger partial charge >= 0.3 is 0 Å². The molecule has 22 heavy (non-hydrogen) atoms. The smallest absolute Gasteiger partial charge is 0.252 e. The van der Waals surface area contributed by atoms with E-state index in [1.54, 1.807) is 18.2 Å². The van der Waals surface area contributed by atoms with Crippen LogP contribution < -0.4 is 10.6 Å². The summed E-state index contributed by atoms with van der Waals surface area (Å²) in [6, 6.07) is 6.50. The van der Waals surface area contributed by atoms with Crippen LogP contribution in [0.2, 0.25) is 0 Å². The van der Waals surface area contributed by atoms with E-state index < -0.39 is 9.84 Å². The predicted octanol–water partition coefficient (Wildman–Crippen LogP) is 1.77. The Kier molecular flexibility index (Phi) is 7.32. The summed E-state index contributed by atoms with van der Waals surface area (Å²) in [4.78, 5) is 12.5. The highest BCUT2D eigenvalue weighted by Crippen LogP contribution is 2.18. The fourth-order valence-electron chi connectivity index (χ4n) is 2.54. The molecule has 1 aromatic carbocycles. The van der Waals surface area contributed by atoms with Gasteiger partial charge in [0.05, 0.1) is 16.2 Å². The standard InChI is InChI=1S/C15H22N2O3S.ClH/c1-2-10-21(19,20)14-8-4-3-7-13(14)15(18)17-12-6-5-9-16-11-12;/h3-4,7-8,12,16H,2,5-6,9-11H2,1H3,(H,17,18);1H/t12-;/m0./s1. The third-order valence-electron chi connectivity index (χ3n) is 3.57. The maximum atomic E-state index is 12.4. The molecule has 0 unspecified atom stereocenters. The second kappa shape index (κ2) is 8.50. The van der Waals surface area contributed by atoms with E-state index in [1.807, 2.05) is 6.92 Å². The molecule has 1 aromatic rings. The van der Waals surface area contributed by atoms with E-state index in [1.165, 1.54) is 6.07 Å². The summed E-state index contributed by atoms with van der Waals surface area (Å²) in [6.07, 6.45) is 2.47. The topological polar surface area (TPSA) is 75.3 Å². The molecule has 1 aliphatic rings. The highest BCUT2D eigenvalue weighted by molar-refractivity contribution is 7.91. The molecular formula is C15H23ClN2O3S. The molecule has 1 heterocycles. The number of hydrogen-bond acceptors (Lipinski definition) is 4.